The van der Waals surface area contributed by atoms with Crippen LogP contribution in [0.1, 0.15) is 51.9 Å². The van der Waals surface area contributed by atoms with Crippen LogP contribution in [0.3, 0.4) is 0 Å². The molecule has 0 spiro atoms. The maximum atomic E-state index is 5.41. The van der Waals surface area contributed by atoms with Gasteiger partial charge < -0.3 is 5.73 Å². The summed E-state index contributed by atoms with van der Waals surface area (Å²) in [5.74, 6) is 0. The van der Waals surface area contributed by atoms with E-state index in [1.807, 2.05) is 0 Å². The van der Waals surface area contributed by atoms with Gasteiger partial charge in [0, 0.05) is 5.25 Å². The molecule has 1 atom stereocenters. The predicted molar refractivity (Wildman–Crippen MR) is 59.8 cm³/mol. The highest BCUT2D eigenvalue weighted by atomic mass is 32.1. The molecule has 0 unspecified atom stereocenters. The van der Waals surface area contributed by atoms with E-state index in [0.29, 0.717) is 5.25 Å². The van der Waals surface area contributed by atoms with Gasteiger partial charge in [-0.1, -0.05) is 32.6 Å². The van der Waals surface area contributed by atoms with Gasteiger partial charge in [-0.2, -0.15) is 12.6 Å². The molecule has 0 aliphatic heterocycles. The topological polar surface area (TPSA) is 26.0 Å². The van der Waals surface area contributed by atoms with Crippen molar-refractivity contribution in [3.63, 3.8) is 0 Å². The molecule has 0 amide bonds. The van der Waals surface area contributed by atoms with Crippen molar-refractivity contribution >= 4 is 12.6 Å². The largest absolute Gasteiger partial charge is 0.330 e. The minimum absolute atomic E-state index is 0.628. The van der Waals surface area contributed by atoms with Crippen LogP contribution in [0.25, 0.3) is 0 Å². The van der Waals surface area contributed by atoms with Crippen molar-refractivity contribution in [2.45, 2.75) is 57.1 Å². The number of unbranched alkanes of at least 4 members (excludes halogenated alkanes) is 3. The molecule has 0 aromatic heterocycles. The minimum atomic E-state index is 0.628. The molecule has 12 heavy (non-hydrogen) atoms. The highest BCUT2D eigenvalue weighted by molar-refractivity contribution is 7.80. The van der Waals surface area contributed by atoms with Gasteiger partial charge >= 0.3 is 0 Å². The van der Waals surface area contributed by atoms with Gasteiger partial charge in [-0.05, 0) is 25.8 Å². The maximum absolute atomic E-state index is 5.41. The zero-order chi connectivity index (χ0) is 9.23. The lowest BCUT2D eigenvalue weighted by Crippen LogP contribution is -2.01. The number of thiol groups is 1. The second kappa shape index (κ2) is 9.40. The van der Waals surface area contributed by atoms with Crippen LogP contribution in [0.15, 0.2) is 0 Å². The zero-order valence-corrected chi connectivity index (χ0v) is 9.15. The van der Waals surface area contributed by atoms with E-state index < -0.39 is 0 Å². The Labute approximate surface area is 82.5 Å². The zero-order valence-electron chi connectivity index (χ0n) is 8.26. The standard InChI is InChI=1S/C10H23NS/c1-2-3-7-10(12)8-5-4-6-9-11/h10,12H,2-9,11H2,1H3/t10-/m1/s1. The molecule has 0 saturated carbocycles. The number of hydrogen-bond acceptors (Lipinski definition) is 2. The molecular formula is C10H23NS. The number of hydrogen-bond donors (Lipinski definition) is 2. The molecule has 0 rings (SSSR count). The molecule has 0 aliphatic carbocycles. The van der Waals surface area contributed by atoms with E-state index in [9.17, 15) is 0 Å². The summed E-state index contributed by atoms with van der Waals surface area (Å²) in [5, 5.41) is 0.628. The van der Waals surface area contributed by atoms with Crippen molar-refractivity contribution in [1.29, 1.82) is 0 Å². The lowest BCUT2D eigenvalue weighted by atomic mass is 10.1. The van der Waals surface area contributed by atoms with Crippen LogP contribution in [0.4, 0.5) is 0 Å². The summed E-state index contributed by atoms with van der Waals surface area (Å²) in [5.41, 5.74) is 5.41. The van der Waals surface area contributed by atoms with Crippen LogP contribution in [-0.4, -0.2) is 11.8 Å². The molecular weight excluding hydrogens is 166 g/mol. The molecule has 0 saturated heterocycles. The highest BCUT2D eigenvalue weighted by Gasteiger charge is 2.00. The van der Waals surface area contributed by atoms with Crippen molar-refractivity contribution in [2.24, 2.45) is 5.73 Å². The fourth-order valence-corrected chi connectivity index (χ4v) is 1.65. The Bertz CT molecular complexity index is 85.9. The smallest absolute Gasteiger partial charge is 0.00168 e. The van der Waals surface area contributed by atoms with Crippen molar-refractivity contribution in [1.82, 2.24) is 0 Å². The van der Waals surface area contributed by atoms with E-state index in [4.69, 9.17) is 5.73 Å². The lowest BCUT2D eigenvalue weighted by molar-refractivity contribution is 0.591. The number of rotatable bonds is 8. The van der Waals surface area contributed by atoms with Gasteiger partial charge in [-0.25, -0.2) is 0 Å². The second-order valence-electron chi connectivity index (χ2n) is 3.43. The predicted octanol–water partition coefficient (Wildman–Crippen LogP) is 2.99. The van der Waals surface area contributed by atoms with Crippen molar-refractivity contribution in [2.75, 3.05) is 6.54 Å². The summed E-state index contributed by atoms with van der Waals surface area (Å²) in [6.07, 6.45) is 8.92. The molecule has 2 heteroatoms. The molecule has 1 nitrogen and oxygen atoms in total. The third-order valence-corrected chi connectivity index (χ3v) is 2.65. The average Bonchev–Trinajstić information content (AvgIpc) is 2.09. The summed E-state index contributed by atoms with van der Waals surface area (Å²) in [4.78, 5) is 0. The first kappa shape index (κ1) is 12.3. The van der Waals surface area contributed by atoms with Gasteiger partial charge in [0.15, 0.2) is 0 Å². The Balaban J connectivity index is 3.02. The summed E-state index contributed by atoms with van der Waals surface area (Å²) in [6.45, 7) is 3.07. The minimum Gasteiger partial charge on any atom is -0.330 e. The molecule has 0 aromatic rings. The highest BCUT2D eigenvalue weighted by Crippen LogP contribution is 2.14. The molecule has 0 fully saturated rings. The Morgan fingerprint density at radius 3 is 2.33 bits per heavy atom. The van der Waals surface area contributed by atoms with Crippen LogP contribution in [0.2, 0.25) is 0 Å². The van der Waals surface area contributed by atoms with Crippen LogP contribution < -0.4 is 5.73 Å². The first-order valence-corrected chi connectivity index (χ1v) is 5.71. The average molecular weight is 189 g/mol. The molecule has 0 radical (unpaired) electrons. The Kier molecular flexibility index (Phi) is 9.64. The van der Waals surface area contributed by atoms with E-state index in [2.05, 4.69) is 19.6 Å². The molecule has 0 bridgehead atoms. The SMILES string of the molecule is CCCC[C@@H](S)CCCCCN. The third kappa shape index (κ3) is 8.41. The van der Waals surface area contributed by atoms with Gasteiger partial charge in [0.2, 0.25) is 0 Å². The van der Waals surface area contributed by atoms with Gasteiger partial charge in [-0.3, -0.25) is 0 Å². The monoisotopic (exact) mass is 189 g/mol. The van der Waals surface area contributed by atoms with Gasteiger partial charge in [-0.15, -0.1) is 0 Å². The van der Waals surface area contributed by atoms with E-state index >= 15 is 0 Å². The van der Waals surface area contributed by atoms with Gasteiger partial charge in [0.05, 0.1) is 0 Å². The summed E-state index contributed by atoms with van der Waals surface area (Å²) >= 11 is 4.54. The summed E-state index contributed by atoms with van der Waals surface area (Å²) < 4.78 is 0. The van der Waals surface area contributed by atoms with Gasteiger partial charge in [0.1, 0.15) is 0 Å². The molecule has 0 aromatic carbocycles. The van der Waals surface area contributed by atoms with Crippen molar-refractivity contribution < 1.29 is 0 Å². The van der Waals surface area contributed by atoms with E-state index in [0.717, 1.165) is 6.54 Å². The van der Waals surface area contributed by atoms with Crippen molar-refractivity contribution in [3.8, 4) is 0 Å². The first-order valence-electron chi connectivity index (χ1n) is 5.19. The van der Waals surface area contributed by atoms with Crippen LogP contribution in [0.5, 0.6) is 0 Å². The van der Waals surface area contributed by atoms with Crippen molar-refractivity contribution in [3.05, 3.63) is 0 Å². The Morgan fingerprint density at radius 2 is 1.75 bits per heavy atom. The third-order valence-electron chi connectivity index (χ3n) is 2.13. The van der Waals surface area contributed by atoms with Gasteiger partial charge in [0.25, 0.3) is 0 Å². The normalized spacial score (nSPS) is 13.2. The van der Waals surface area contributed by atoms with Crippen LogP contribution in [-0.2, 0) is 0 Å². The maximum Gasteiger partial charge on any atom is 0.00168 e. The second-order valence-corrected chi connectivity index (χ2v) is 4.16. The van der Waals surface area contributed by atoms with E-state index in [1.54, 1.807) is 0 Å². The first-order chi connectivity index (χ1) is 5.81. The molecule has 74 valence electrons. The molecule has 2 N–H and O–H groups in total. The molecule has 0 aliphatic rings. The summed E-state index contributed by atoms with van der Waals surface area (Å²) in [6, 6.07) is 0. The van der Waals surface area contributed by atoms with Crippen LogP contribution >= 0.6 is 12.6 Å². The molecule has 0 heterocycles. The quantitative estimate of drug-likeness (QED) is 0.445. The van der Waals surface area contributed by atoms with E-state index in [-0.39, 0.29) is 0 Å². The van der Waals surface area contributed by atoms with Crippen LogP contribution in [0, 0.1) is 0 Å². The fourth-order valence-electron chi connectivity index (χ4n) is 1.29. The summed E-state index contributed by atoms with van der Waals surface area (Å²) in [7, 11) is 0. The Morgan fingerprint density at radius 1 is 1.08 bits per heavy atom. The van der Waals surface area contributed by atoms with E-state index in [1.165, 1.54) is 44.9 Å². The Hall–Kier alpha value is 0.310. The fraction of sp³-hybridized carbons (Fsp3) is 1.00. The lowest BCUT2D eigenvalue weighted by Gasteiger charge is -2.08. The number of nitrogens with two attached hydrogens (primary N) is 1.